The molecule has 0 fully saturated rings. The molecule has 0 spiro atoms. The molecule has 1 aliphatic heterocycles. The van der Waals surface area contributed by atoms with Gasteiger partial charge in [-0.3, -0.25) is 9.79 Å². The standard InChI is InChI=1S/C16H14ClN3O/c1-9-5-2-3-6-10(9)13-11-7-4-8-12(17)14(11)20-16(21)15(18)19-13/h2-8,15H,18H2,1H3,(H,20,21)/t15-/m0/s1. The molecule has 5 heteroatoms. The summed E-state index contributed by atoms with van der Waals surface area (Å²) in [7, 11) is 0. The summed E-state index contributed by atoms with van der Waals surface area (Å²) in [4.78, 5) is 16.4. The Morgan fingerprint density at radius 1 is 1.14 bits per heavy atom. The molecular formula is C16H14ClN3O. The molecule has 0 radical (unpaired) electrons. The molecule has 106 valence electrons. The van der Waals surface area contributed by atoms with E-state index in [2.05, 4.69) is 10.3 Å². The van der Waals surface area contributed by atoms with Crippen molar-refractivity contribution >= 4 is 28.9 Å². The van der Waals surface area contributed by atoms with Crippen LogP contribution in [-0.4, -0.2) is 17.8 Å². The maximum absolute atomic E-state index is 12.0. The van der Waals surface area contributed by atoms with Crippen molar-refractivity contribution in [3.8, 4) is 0 Å². The van der Waals surface area contributed by atoms with Crippen molar-refractivity contribution in [2.75, 3.05) is 5.32 Å². The van der Waals surface area contributed by atoms with Crippen LogP contribution in [0.2, 0.25) is 5.02 Å². The number of carbonyl (C=O) groups is 1. The van der Waals surface area contributed by atoms with Gasteiger partial charge in [-0.1, -0.05) is 48.0 Å². The van der Waals surface area contributed by atoms with E-state index in [0.29, 0.717) is 16.4 Å². The number of benzene rings is 2. The molecule has 1 heterocycles. The second-order valence-electron chi connectivity index (χ2n) is 4.89. The van der Waals surface area contributed by atoms with Crippen LogP contribution in [0.1, 0.15) is 16.7 Å². The molecule has 4 nitrogen and oxygen atoms in total. The molecule has 1 amide bonds. The summed E-state index contributed by atoms with van der Waals surface area (Å²) < 4.78 is 0. The van der Waals surface area contributed by atoms with Gasteiger partial charge in [0.1, 0.15) is 0 Å². The molecule has 21 heavy (non-hydrogen) atoms. The fourth-order valence-electron chi connectivity index (χ4n) is 2.37. The van der Waals surface area contributed by atoms with Crippen LogP contribution < -0.4 is 11.1 Å². The first-order valence-corrected chi connectivity index (χ1v) is 6.95. The fraction of sp³-hybridized carbons (Fsp3) is 0.125. The topological polar surface area (TPSA) is 67.5 Å². The van der Waals surface area contributed by atoms with Gasteiger partial charge in [0.25, 0.3) is 5.91 Å². The quantitative estimate of drug-likeness (QED) is 0.850. The summed E-state index contributed by atoms with van der Waals surface area (Å²) >= 11 is 6.21. The highest BCUT2D eigenvalue weighted by Crippen LogP contribution is 2.31. The molecule has 0 aromatic heterocycles. The number of aryl methyl sites for hydroxylation is 1. The molecule has 1 atom stereocenters. The lowest BCUT2D eigenvalue weighted by Gasteiger charge is -2.12. The number of rotatable bonds is 1. The first kappa shape index (κ1) is 13.8. The molecule has 3 N–H and O–H groups in total. The summed E-state index contributed by atoms with van der Waals surface area (Å²) in [6.45, 7) is 1.99. The van der Waals surface area contributed by atoms with Gasteiger partial charge in [-0.2, -0.15) is 0 Å². The van der Waals surface area contributed by atoms with E-state index in [9.17, 15) is 4.79 Å². The Morgan fingerprint density at radius 2 is 1.86 bits per heavy atom. The van der Waals surface area contributed by atoms with Crippen LogP contribution in [0.15, 0.2) is 47.5 Å². The number of halogens is 1. The minimum Gasteiger partial charge on any atom is -0.321 e. The maximum atomic E-state index is 12.0. The van der Waals surface area contributed by atoms with Crippen molar-refractivity contribution in [1.29, 1.82) is 0 Å². The van der Waals surface area contributed by atoms with Gasteiger partial charge in [0, 0.05) is 11.1 Å². The number of carbonyl (C=O) groups excluding carboxylic acids is 1. The zero-order valence-corrected chi connectivity index (χ0v) is 12.2. The zero-order valence-electron chi connectivity index (χ0n) is 11.4. The van der Waals surface area contributed by atoms with Crippen LogP contribution in [0, 0.1) is 6.92 Å². The first-order chi connectivity index (χ1) is 10.1. The monoisotopic (exact) mass is 299 g/mol. The van der Waals surface area contributed by atoms with Gasteiger partial charge in [0.05, 0.1) is 16.4 Å². The summed E-state index contributed by atoms with van der Waals surface area (Å²) in [6.07, 6.45) is -0.955. The predicted molar refractivity (Wildman–Crippen MR) is 84.9 cm³/mol. The van der Waals surface area contributed by atoms with E-state index in [1.54, 1.807) is 6.07 Å². The van der Waals surface area contributed by atoms with Crippen molar-refractivity contribution in [3.05, 3.63) is 64.2 Å². The molecule has 2 aromatic rings. The molecule has 0 aliphatic carbocycles. The molecule has 0 bridgehead atoms. The number of benzodiazepines with no additional fused rings is 1. The van der Waals surface area contributed by atoms with Gasteiger partial charge in [0.2, 0.25) is 0 Å². The summed E-state index contributed by atoms with van der Waals surface area (Å²) in [5.74, 6) is -0.368. The number of para-hydroxylation sites is 1. The average Bonchev–Trinajstić information content (AvgIpc) is 2.59. The lowest BCUT2D eigenvalue weighted by Crippen LogP contribution is -2.33. The Bertz CT molecular complexity index is 755. The molecular weight excluding hydrogens is 286 g/mol. The number of aliphatic imine (C=N–C) groups is 1. The normalized spacial score (nSPS) is 17.6. The number of hydrogen-bond donors (Lipinski definition) is 2. The number of fused-ring (bicyclic) bond motifs is 1. The number of nitrogens with zero attached hydrogens (tertiary/aromatic N) is 1. The molecule has 0 unspecified atom stereocenters. The fourth-order valence-corrected chi connectivity index (χ4v) is 2.59. The lowest BCUT2D eigenvalue weighted by atomic mass is 9.97. The van der Waals surface area contributed by atoms with Crippen molar-refractivity contribution in [1.82, 2.24) is 0 Å². The van der Waals surface area contributed by atoms with E-state index in [1.807, 2.05) is 43.3 Å². The third-order valence-electron chi connectivity index (χ3n) is 3.45. The van der Waals surface area contributed by atoms with Gasteiger partial charge < -0.3 is 11.1 Å². The SMILES string of the molecule is Cc1ccccc1C1=N[C@H](N)C(=O)Nc2c(Cl)cccc21. The zero-order chi connectivity index (χ0) is 15.0. The van der Waals surface area contributed by atoms with E-state index in [0.717, 1.165) is 16.7 Å². The highest BCUT2D eigenvalue weighted by Gasteiger charge is 2.25. The third-order valence-corrected chi connectivity index (χ3v) is 3.77. The third kappa shape index (κ3) is 2.44. The Kier molecular flexibility index (Phi) is 3.49. The van der Waals surface area contributed by atoms with Crippen molar-refractivity contribution in [3.63, 3.8) is 0 Å². The summed E-state index contributed by atoms with van der Waals surface area (Å²) in [6, 6.07) is 13.3. The maximum Gasteiger partial charge on any atom is 0.263 e. The van der Waals surface area contributed by atoms with Crippen LogP contribution in [0.4, 0.5) is 5.69 Å². The number of nitrogens with two attached hydrogens (primary N) is 1. The molecule has 2 aromatic carbocycles. The minimum atomic E-state index is -0.955. The highest BCUT2D eigenvalue weighted by atomic mass is 35.5. The van der Waals surface area contributed by atoms with Crippen molar-refractivity contribution in [2.24, 2.45) is 10.7 Å². The molecule has 0 saturated carbocycles. The highest BCUT2D eigenvalue weighted by molar-refractivity contribution is 6.36. The summed E-state index contributed by atoms with van der Waals surface area (Å²) in [5.41, 5.74) is 9.85. The number of anilines is 1. The van der Waals surface area contributed by atoms with E-state index < -0.39 is 6.17 Å². The van der Waals surface area contributed by atoms with E-state index >= 15 is 0 Å². The van der Waals surface area contributed by atoms with E-state index in [-0.39, 0.29) is 5.91 Å². The van der Waals surface area contributed by atoms with Gasteiger partial charge >= 0.3 is 0 Å². The smallest absolute Gasteiger partial charge is 0.263 e. The van der Waals surface area contributed by atoms with Crippen LogP contribution in [0.3, 0.4) is 0 Å². The second-order valence-corrected chi connectivity index (χ2v) is 5.30. The Hall–Kier alpha value is -2.17. The number of nitrogens with one attached hydrogen (secondary N) is 1. The first-order valence-electron chi connectivity index (χ1n) is 6.57. The lowest BCUT2D eigenvalue weighted by molar-refractivity contribution is -0.117. The summed E-state index contributed by atoms with van der Waals surface area (Å²) in [5, 5.41) is 3.22. The van der Waals surface area contributed by atoms with Gasteiger partial charge in [-0.25, -0.2) is 0 Å². The van der Waals surface area contributed by atoms with Crippen LogP contribution in [0.25, 0.3) is 0 Å². The van der Waals surface area contributed by atoms with E-state index in [1.165, 1.54) is 0 Å². The minimum absolute atomic E-state index is 0.368. The number of hydrogen-bond acceptors (Lipinski definition) is 3. The van der Waals surface area contributed by atoms with Gasteiger partial charge in [-0.15, -0.1) is 0 Å². The second kappa shape index (κ2) is 5.31. The Labute approximate surface area is 127 Å². The van der Waals surface area contributed by atoms with Crippen LogP contribution in [-0.2, 0) is 4.79 Å². The predicted octanol–water partition coefficient (Wildman–Crippen LogP) is 2.72. The largest absolute Gasteiger partial charge is 0.321 e. The van der Waals surface area contributed by atoms with Crippen molar-refractivity contribution in [2.45, 2.75) is 13.1 Å². The Balaban J connectivity index is 2.28. The number of amides is 1. The Morgan fingerprint density at radius 3 is 2.62 bits per heavy atom. The van der Waals surface area contributed by atoms with Crippen LogP contribution >= 0.6 is 11.6 Å². The average molecular weight is 300 g/mol. The van der Waals surface area contributed by atoms with Crippen LogP contribution in [0.5, 0.6) is 0 Å². The van der Waals surface area contributed by atoms with E-state index in [4.69, 9.17) is 17.3 Å². The molecule has 0 saturated heterocycles. The van der Waals surface area contributed by atoms with Gasteiger partial charge in [-0.05, 0) is 18.6 Å². The van der Waals surface area contributed by atoms with Crippen molar-refractivity contribution < 1.29 is 4.79 Å². The molecule has 3 rings (SSSR count). The molecule has 1 aliphatic rings. The van der Waals surface area contributed by atoms with Gasteiger partial charge in [0.15, 0.2) is 6.17 Å².